The van der Waals surface area contributed by atoms with Gasteiger partial charge in [-0.25, -0.2) is 9.18 Å². The first-order chi connectivity index (χ1) is 7.13. The number of hydrogen-bond acceptors (Lipinski definition) is 3. The number of rotatable bonds is 2. The first-order valence-corrected chi connectivity index (χ1v) is 5.13. The van der Waals surface area contributed by atoms with Crippen LogP contribution in [0.5, 0.6) is 0 Å². The van der Waals surface area contributed by atoms with Gasteiger partial charge in [0.15, 0.2) is 0 Å². The Hall–Kier alpha value is -1.41. The number of esters is 1. The third kappa shape index (κ3) is 2.34. The predicted molar refractivity (Wildman–Crippen MR) is 55.1 cm³/mol. The lowest BCUT2D eigenvalue weighted by Gasteiger charge is -2.07. The molecule has 5 heteroatoms. The number of ether oxygens (including phenoxy) is 1. The summed E-state index contributed by atoms with van der Waals surface area (Å²) in [4.78, 5) is 11.4. The zero-order chi connectivity index (χ0) is 11.4. The predicted octanol–water partition coefficient (Wildman–Crippen LogP) is 2.38. The van der Waals surface area contributed by atoms with Crippen molar-refractivity contribution in [1.82, 2.24) is 0 Å². The molecule has 0 unspecified atom stereocenters. The van der Waals surface area contributed by atoms with Crippen molar-refractivity contribution < 1.29 is 13.9 Å². The maximum atomic E-state index is 13.0. The van der Waals surface area contributed by atoms with Crippen LogP contribution in [0.25, 0.3) is 0 Å². The highest BCUT2D eigenvalue weighted by Crippen LogP contribution is 2.20. The van der Waals surface area contributed by atoms with E-state index >= 15 is 0 Å². The van der Waals surface area contributed by atoms with Gasteiger partial charge in [-0.2, -0.15) is 5.26 Å². The van der Waals surface area contributed by atoms with Gasteiger partial charge in [0, 0.05) is 5.33 Å². The molecular formula is C10H7BrFNO2. The van der Waals surface area contributed by atoms with Crippen molar-refractivity contribution in [3.8, 4) is 6.07 Å². The Bertz CT molecular complexity index is 440. The quantitative estimate of drug-likeness (QED) is 0.613. The number of hydrogen-bond donors (Lipinski definition) is 0. The average Bonchev–Trinajstić information content (AvgIpc) is 2.26. The number of benzene rings is 1. The normalized spacial score (nSPS) is 9.47. The molecule has 1 rings (SSSR count). The van der Waals surface area contributed by atoms with Crippen molar-refractivity contribution in [2.75, 3.05) is 7.11 Å². The Morgan fingerprint density at radius 2 is 2.33 bits per heavy atom. The highest BCUT2D eigenvalue weighted by molar-refractivity contribution is 9.08. The molecule has 0 aliphatic heterocycles. The molecule has 0 amide bonds. The molecule has 0 saturated heterocycles. The van der Waals surface area contributed by atoms with Crippen LogP contribution in [-0.4, -0.2) is 13.1 Å². The van der Waals surface area contributed by atoms with Crippen molar-refractivity contribution in [3.05, 3.63) is 34.6 Å². The summed E-state index contributed by atoms with van der Waals surface area (Å²) >= 11 is 3.12. The van der Waals surface area contributed by atoms with E-state index in [-0.39, 0.29) is 16.5 Å². The minimum absolute atomic E-state index is 0.0173. The number of carbonyl (C=O) groups excluding carboxylic acids is 1. The van der Waals surface area contributed by atoms with Crippen LogP contribution in [0.15, 0.2) is 12.1 Å². The summed E-state index contributed by atoms with van der Waals surface area (Å²) in [5.41, 5.74) is 0.493. The molecule has 0 radical (unpaired) electrons. The first kappa shape index (κ1) is 11.7. The van der Waals surface area contributed by atoms with Crippen molar-refractivity contribution in [2.24, 2.45) is 0 Å². The van der Waals surface area contributed by atoms with Crippen LogP contribution in [-0.2, 0) is 10.1 Å². The largest absolute Gasteiger partial charge is 0.465 e. The van der Waals surface area contributed by atoms with Gasteiger partial charge < -0.3 is 4.74 Å². The lowest BCUT2D eigenvalue weighted by molar-refractivity contribution is 0.0599. The van der Waals surface area contributed by atoms with E-state index in [1.165, 1.54) is 13.2 Å². The molecule has 1 aromatic carbocycles. The van der Waals surface area contributed by atoms with Gasteiger partial charge in [0.2, 0.25) is 0 Å². The van der Waals surface area contributed by atoms with E-state index in [1.807, 2.05) is 0 Å². The number of alkyl halides is 1. The Labute approximate surface area is 94.6 Å². The monoisotopic (exact) mass is 271 g/mol. The van der Waals surface area contributed by atoms with E-state index < -0.39 is 11.8 Å². The molecule has 0 aromatic heterocycles. The Balaban J connectivity index is 3.45. The van der Waals surface area contributed by atoms with Crippen LogP contribution < -0.4 is 0 Å². The van der Waals surface area contributed by atoms with Crippen LogP contribution in [0, 0.1) is 17.1 Å². The highest BCUT2D eigenvalue weighted by Gasteiger charge is 2.17. The molecule has 78 valence electrons. The third-order valence-corrected chi connectivity index (χ3v) is 2.44. The van der Waals surface area contributed by atoms with Crippen molar-refractivity contribution in [1.29, 1.82) is 5.26 Å². The summed E-state index contributed by atoms with van der Waals surface area (Å²) in [5, 5.41) is 9.05. The number of nitriles is 1. The average molecular weight is 272 g/mol. The molecule has 3 nitrogen and oxygen atoms in total. The molecular weight excluding hydrogens is 265 g/mol. The lowest BCUT2D eigenvalue weighted by atomic mass is 10.0. The van der Waals surface area contributed by atoms with E-state index in [4.69, 9.17) is 5.26 Å². The number of halogens is 2. The van der Waals surface area contributed by atoms with E-state index in [0.29, 0.717) is 5.56 Å². The first-order valence-electron chi connectivity index (χ1n) is 4.00. The van der Waals surface area contributed by atoms with Crippen LogP contribution in [0.4, 0.5) is 4.39 Å². The van der Waals surface area contributed by atoms with Crippen LogP contribution in [0.1, 0.15) is 21.5 Å². The van der Waals surface area contributed by atoms with Gasteiger partial charge in [0.05, 0.1) is 18.2 Å². The Morgan fingerprint density at radius 1 is 1.67 bits per heavy atom. The zero-order valence-corrected chi connectivity index (χ0v) is 9.47. The van der Waals surface area contributed by atoms with E-state index in [0.717, 1.165) is 6.07 Å². The van der Waals surface area contributed by atoms with Crippen LogP contribution >= 0.6 is 15.9 Å². The van der Waals surface area contributed by atoms with Crippen molar-refractivity contribution >= 4 is 21.9 Å². The van der Waals surface area contributed by atoms with Gasteiger partial charge in [0.1, 0.15) is 11.9 Å². The second-order valence-corrected chi connectivity index (χ2v) is 3.29. The second kappa shape index (κ2) is 4.89. The molecule has 0 fully saturated rings. The summed E-state index contributed by atoms with van der Waals surface area (Å²) in [7, 11) is 1.21. The number of carbonyl (C=O) groups is 1. The molecule has 0 saturated carbocycles. The minimum Gasteiger partial charge on any atom is -0.465 e. The van der Waals surface area contributed by atoms with Gasteiger partial charge in [-0.15, -0.1) is 0 Å². The van der Waals surface area contributed by atoms with Gasteiger partial charge in [-0.1, -0.05) is 15.9 Å². The maximum Gasteiger partial charge on any atom is 0.339 e. The fourth-order valence-electron chi connectivity index (χ4n) is 1.20. The Kier molecular flexibility index (Phi) is 3.81. The SMILES string of the molecule is COC(=O)c1c(C#N)cc(F)cc1CBr. The highest BCUT2D eigenvalue weighted by atomic mass is 79.9. The van der Waals surface area contributed by atoms with E-state index in [1.54, 1.807) is 6.07 Å². The van der Waals surface area contributed by atoms with Gasteiger partial charge in [-0.3, -0.25) is 0 Å². The molecule has 0 aliphatic rings. The zero-order valence-electron chi connectivity index (χ0n) is 7.88. The summed E-state index contributed by atoms with van der Waals surface area (Å²) < 4.78 is 17.6. The summed E-state index contributed by atoms with van der Waals surface area (Å²) in [6, 6.07) is 3.97. The van der Waals surface area contributed by atoms with Crippen molar-refractivity contribution in [3.63, 3.8) is 0 Å². The standard InChI is InChI=1S/C10H7BrFNO2/c1-15-10(14)9-6(4-11)2-8(12)3-7(9)5-13/h2-3H,4H2,1H3. The fourth-order valence-corrected chi connectivity index (χ4v) is 1.64. The van der Waals surface area contributed by atoms with Crippen molar-refractivity contribution in [2.45, 2.75) is 5.33 Å². The topological polar surface area (TPSA) is 50.1 Å². The van der Waals surface area contributed by atoms with Gasteiger partial charge >= 0.3 is 5.97 Å². The molecule has 0 spiro atoms. The lowest BCUT2D eigenvalue weighted by Crippen LogP contribution is -2.08. The molecule has 0 atom stereocenters. The molecule has 0 heterocycles. The van der Waals surface area contributed by atoms with E-state index in [9.17, 15) is 9.18 Å². The third-order valence-electron chi connectivity index (χ3n) is 1.84. The van der Waals surface area contributed by atoms with Gasteiger partial charge in [0.25, 0.3) is 0 Å². The van der Waals surface area contributed by atoms with Crippen LogP contribution in [0.3, 0.4) is 0 Å². The number of nitrogens with zero attached hydrogens (tertiary/aromatic N) is 1. The fraction of sp³-hybridized carbons (Fsp3) is 0.200. The molecule has 0 bridgehead atoms. The minimum atomic E-state index is -0.638. The smallest absolute Gasteiger partial charge is 0.339 e. The van der Waals surface area contributed by atoms with Gasteiger partial charge in [-0.05, 0) is 17.7 Å². The Morgan fingerprint density at radius 3 is 2.80 bits per heavy atom. The molecule has 1 aromatic rings. The van der Waals surface area contributed by atoms with E-state index in [2.05, 4.69) is 20.7 Å². The molecule has 15 heavy (non-hydrogen) atoms. The maximum absolute atomic E-state index is 13.0. The summed E-state index contributed by atoms with van der Waals surface area (Å²) in [6.07, 6.45) is 0. The van der Waals surface area contributed by atoms with Crippen LogP contribution in [0.2, 0.25) is 0 Å². The second-order valence-electron chi connectivity index (χ2n) is 2.72. The summed E-state index contributed by atoms with van der Waals surface area (Å²) in [5.74, 6) is -1.19. The summed E-state index contributed by atoms with van der Waals surface area (Å²) in [6.45, 7) is 0. The molecule has 0 aliphatic carbocycles. The number of methoxy groups -OCH3 is 1. The molecule has 0 N–H and O–H groups in total.